The predicted octanol–water partition coefficient (Wildman–Crippen LogP) is -0.314. The van der Waals surface area contributed by atoms with Crippen LogP contribution in [0, 0.1) is 0 Å². The van der Waals surface area contributed by atoms with Gasteiger partial charge in [-0.1, -0.05) is 5.21 Å². The summed E-state index contributed by atoms with van der Waals surface area (Å²) in [6, 6.07) is 0. The van der Waals surface area contributed by atoms with Crippen LogP contribution in [-0.2, 0) is 25.1 Å². The summed E-state index contributed by atoms with van der Waals surface area (Å²) in [5, 5.41) is 7.29. The molecular formula is C10H17N4O6P. The minimum Gasteiger partial charge on any atom is -0.364 e. The number of rotatable bonds is 5. The van der Waals surface area contributed by atoms with E-state index in [2.05, 4.69) is 14.8 Å². The van der Waals surface area contributed by atoms with E-state index in [1.165, 1.54) is 10.9 Å². The molecule has 0 spiro atoms. The molecule has 0 bridgehead atoms. The Morgan fingerprint density at radius 3 is 2.81 bits per heavy atom. The molecule has 1 saturated heterocycles. The largest absolute Gasteiger partial charge is 0.364 e. The van der Waals surface area contributed by atoms with Gasteiger partial charge in [0.2, 0.25) is 0 Å². The summed E-state index contributed by atoms with van der Waals surface area (Å²) in [6.45, 7) is 3.29. The minimum atomic E-state index is -4.01. The fourth-order valence-corrected chi connectivity index (χ4v) is 3.18. The van der Waals surface area contributed by atoms with E-state index in [0.29, 0.717) is 0 Å². The van der Waals surface area contributed by atoms with E-state index in [4.69, 9.17) is 15.2 Å². The van der Waals surface area contributed by atoms with Gasteiger partial charge in [-0.05, 0) is 13.8 Å². The van der Waals surface area contributed by atoms with E-state index in [1.807, 2.05) is 0 Å². The maximum atomic E-state index is 12.0. The Morgan fingerprint density at radius 2 is 2.29 bits per heavy atom. The first-order valence-corrected chi connectivity index (χ1v) is 7.73. The van der Waals surface area contributed by atoms with E-state index >= 15 is 0 Å². The summed E-state index contributed by atoms with van der Waals surface area (Å²) >= 11 is 0. The third kappa shape index (κ3) is 3.47. The van der Waals surface area contributed by atoms with Crippen LogP contribution in [0.25, 0.3) is 0 Å². The molecule has 1 amide bonds. The first kappa shape index (κ1) is 16.1. The van der Waals surface area contributed by atoms with Crippen molar-refractivity contribution in [3.05, 3.63) is 11.9 Å². The molecule has 1 aromatic heterocycles. The number of primary amides is 1. The van der Waals surface area contributed by atoms with Gasteiger partial charge in [-0.15, -0.1) is 5.10 Å². The lowest BCUT2D eigenvalue weighted by Gasteiger charge is -2.20. The average molecular weight is 320 g/mol. The number of ether oxygens (including phenoxy) is 2. The van der Waals surface area contributed by atoms with Crippen LogP contribution in [0.5, 0.6) is 0 Å². The zero-order chi connectivity index (χ0) is 15.8. The van der Waals surface area contributed by atoms with E-state index in [9.17, 15) is 14.3 Å². The summed E-state index contributed by atoms with van der Waals surface area (Å²) in [4.78, 5) is 20.8. The van der Waals surface area contributed by atoms with E-state index in [0.717, 1.165) is 7.11 Å². The van der Waals surface area contributed by atoms with Crippen molar-refractivity contribution in [1.82, 2.24) is 15.0 Å². The smallest absolute Gasteiger partial charge is 0.359 e. The topological polar surface area (TPSA) is 139 Å². The van der Waals surface area contributed by atoms with E-state index < -0.39 is 31.2 Å². The zero-order valence-electron chi connectivity index (χ0n) is 11.8. The standard InChI is InChI=1S/C10H17N4O6P/c1-10(2)19-7(9(20-10)21(16,17)18-3)5-14-4-6(8(11)15)12-13-14/h4,7,9H,5H2,1-3H3,(H2,11,15)(H,16,17)/t7-,9+/m0/s1. The Hall–Kier alpha value is -1.32. The molecule has 2 rings (SSSR count). The molecule has 21 heavy (non-hydrogen) atoms. The summed E-state index contributed by atoms with van der Waals surface area (Å²) < 4.78 is 28.9. The van der Waals surface area contributed by atoms with Crippen LogP contribution in [0.3, 0.4) is 0 Å². The molecule has 10 nitrogen and oxygen atoms in total. The molecule has 3 atom stereocenters. The van der Waals surface area contributed by atoms with Gasteiger partial charge in [-0.2, -0.15) is 0 Å². The highest BCUT2D eigenvalue weighted by Crippen LogP contribution is 2.54. The SMILES string of the molecule is COP(=O)(O)[C@H]1OC(C)(C)O[C@H]1Cn1cc(C(N)=O)nn1. The number of hydrogen-bond acceptors (Lipinski definition) is 7. The molecule has 1 aliphatic heterocycles. The first-order chi connectivity index (χ1) is 9.64. The molecule has 0 saturated carbocycles. The summed E-state index contributed by atoms with van der Waals surface area (Å²) in [6.07, 6.45) is 0.529. The second-order valence-corrected chi connectivity index (χ2v) is 7.00. The fraction of sp³-hybridized carbons (Fsp3) is 0.700. The molecule has 11 heteroatoms. The van der Waals surface area contributed by atoms with Crippen molar-refractivity contribution in [3.8, 4) is 0 Å². The van der Waals surface area contributed by atoms with Crippen molar-refractivity contribution in [2.75, 3.05) is 7.11 Å². The van der Waals surface area contributed by atoms with Crippen molar-refractivity contribution in [2.24, 2.45) is 5.73 Å². The molecule has 0 radical (unpaired) electrons. The summed E-state index contributed by atoms with van der Waals surface area (Å²) in [7, 11) is -2.89. The highest BCUT2D eigenvalue weighted by atomic mass is 31.2. The van der Waals surface area contributed by atoms with Crippen LogP contribution < -0.4 is 5.73 Å². The highest BCUT2D eigenvalue weighted by molar-refractivity contribution is 7.53. The van der Waals surface area contributed by atoms with Crippen LogP contribution in [0.1, 0.15) is 24.3 Å². The number of aromatic nitrogens is 3. The lowest BCUT2D eigenvalue weighted by Crippen LogP contribution is -2.28. The van der Waals surface area contributed by atoms with Crippen LogP contribution >= 0.6 is 7.60 Å². The summed E-state index contributed by atoms with van der Waals surface area (Å²) in [5.41, 5.74) is 5.07. The maximum absolute atomic E-state index is 12.0. The molecule has 1 unspecified atom stereocenters. The first-order valence-electron chi connectivity index (χ1n) is 6.08. The Kier molecular flexibility index (Phi) is 4.18. The molecule has 118 valence electrons. The quantitative estimate of drug-likeness (QED) is 0.704. The Morgan fingerprint density at radius 1 is 1.62 bits per heavy atom. The van der Waals surface area contributed by atoms with Crippen LogP contribution in [-0.4, -0.2) is 50.6 Å². The molecular weight excluding hydrogens is 303 g/mol. The molecule has 3 N–H and O–H groups in total. The normalized spacial score (nSPS) is 27.4. The Labute approximate surface area is 120 Å². The number of carbonyl (C=O) groups excluding carboxylic acids is 1. The number of hydrogen-bond donors (Lipinski definition) is 2. The van der Waals surface area contributed by atoms with Gasteiger partial charge in [0.15, 0.2) is 17.3 Å². The second-order valence-electron chi connectivity index (χ2n) is 5.00. The molecule has 1 aliphatic rings. The number of nitrogens with zero attached hydrogens (tertiary/aromatic N) is 3. The van der Waals surface area contributed by atoms with Gasteiger partial charge in [0.1, 0.15) is 6.10 Å². The average Bonchev–Trinajstić information content (AvgIpc) is 2.94. The second kappa shape index (κ2) is 5.47. The summed E-state index contributed by atoms with van der Waals surface area (Å²) in [5.74, 6) is -2.93. The van der Waals surface area contributed by atoms with Crippen molar-refractivity contribution in [2.45, 2.75) is 38.1 Å². The molecule has 0 aliphatic carbocycles. The van der Waals surface area contributed by atoms with E-state index in [1.54, 1.807) is 13.8 Å². The molecule has 0 aromatic carbocycles. The van der Waals surface area contributed by atoms with Crippen LogP contribution in [0.15, 0.2) is 6.20 Å². The molecule has 1 aromatic rings. The zero-order valence-corrected chi connectivity index (χ0v) is 12.7. The molecule has 2 heterocycles. The lowest BCUT2D eigenvalue weighted by atomic mass is 10.3. The molecule has 1 fully saturated rings. The van der Waals surface area contributed by atoms with Gasteiger partial charge >= 0.3 is 7.60 Å². The Balaban J connectivity index is 2.19. The van der Waals surface area contributed by atoms with Crippen molar-refractivity contribution in [1.29, 1.82) is 0 Å². The lowest BCUT2D eigenvalue weighted by molar-refractivity contribution is -0.143. The fourth-order valence-electron chi connectivity index (χ4n) is 2.01. The van der Waals surface area contributed by atoms with Crippen molar-refractivity contribution in [3.63, 3.8) is 0 Å². The van der Waals surface area contributed by atoms with Gasteiger partial charge in [-0.25, -0.2) is 4.68 Å². The number of carbonyl (C=O) groups is 1. The monoisotopic (exact) mass is 320 g/mol. The minimum absolute atomic E-state index is 0.0105. The highest BCUT2D eigenvalue weighted by Gasteiger charge is 2.51. The third-order valence-electron chi connectivity index (χ3n) is 2.90. The van der Waals surface area contributed by atoms with Gasteiger partial charge < -0.3 is 24.6 Å². The Bertz CT molecular complexity index is 588. The number of nitrogens with two attached hydrogens (primary N) is 1. The van der Waals surface area contributed by atoms with Crippen molar-refractivity contribution >= 4 is 13.5 Å². The van der Waals surface area contributed by atoms with Gasteiger partial charge in [0.05, 0.1) is 12.7 Å². The van der Waals surface area contributed by atoms with Gasteiger partial charge in [-0.3, -0.25) is 9.36 Å². The van der Waals surface area contributed by atoms with Crippen LogP contribution in [0.2, 0.25) is 0 Å². The van der Waals surface area contributed by atoms with Gasteiger partial charge in [0.25, 0.3) is 5.91 Å². The van der Waals surface area contributed by atoms with Crippen molar-refractivity contribution < 1.29 is 28.3 Å². The van der Waals surface area contributed by atoms with E-state index in [-0.39, 0.29) is 12.2 Å². The predicted molar refractivity (Wildman–Crippen MR) is 69.2 cm³/mol. The van der Waals surface area contributed by atoms with Crippen LogP contribution in [0.4, 0.5) is 0 Å². The number of amides is 1. The maximum Gasteiger partial charge on any atom is 0.359 e. The third-order valence-corrected chi connectivity index (χ3v) is 4.50. The van der Waals surface area contributed by atoms with Gasteiger partial charge in [0, 0.05) is 7.11 Å².